The molecule has 0 aliphatic carbocycles. The lowest BCUT2D eigenvalue weighted by molar-refractivity contribution is -0.122. The van der Waals surface area contributed by atoms with Gasteiger partial charge >= 0.3 is 5.97 Å². The Labute approximate surface area is 186 Å². The summed E-state index contributed by atoms with van der Waals surface area (Å²) in [5, 5.41) is 21.7. The number of carbonyl (C=O) groups excluding carboxylic acids is 2. The third-order valence-electron chi connectivity index (χ3n) is 4.14. The van der Waals surface area contributed by atoms with Gasteiger partial charge in [0.1, 0.15) is 15.6 Å². The molecule has 154 valence electrons. The standard InChI is InChI=1S/C20H15ClN2O5S2/c21-14-4-2-1-3-11(14)9-16-18(26)23(20(29)30-16)8-7-17(25)22-12-5-6-13(19(27)28)15(24)10-12/h1-6,9-10,24H,7-8H2,(H,22,25)(H,27,28)/b16-9+. The fourth-order valence-corrected chi connectivity index (χ4v) is 4.14. The van der Waals surface area contributed by atoms with E-state index in [1.165, 1.54) is 17.0 Å². The Bertz CT molecular complexity index is 1090. The molecule has 2 aromatic carbocycles. The van der Waals surface area contributed by atoms with Crippen LogP contribution in [-0.2, 0) is 9.59 Å². The second kappa shape index (κ2) is 9.29. The first-order chi connectivity index (χ1) is 14.3. The average molecular weight is 463 g/mol. The summed E-state index contributed by atoms with van der Waals surface area (Å²) in [6.07, 6.45) is 1.63. The highest BCUT2D eigenvalue weighted by Crippen LogP contribution is 2.33. The van der Waals surface area contributed by atoms with Crippen LogP contribution >= 0.6 is 35.6 Å². The molecule has 0 radical (unpaired) electrons. The lowest BCUT2D eigenvalue weighted by Crippen LogP contribution is -2.31. The smallest absolute Gasteiger partial charge is 0.339 e. The summed E-state index contributed by atoms with van der Waals surface area (Å²) in [4.78, 5) is 37.5. The van der Waals surface area contributed by atoms with E-state index in [4.69, 9.17) is 28.9 Å². The van der Waals surface area contributed by atoms with Crippen molar-refractivity contribution in [2.24, 2.45) is 0 Å². The number of carboxylic acid groups (broad SMARTS) is 1. The molecule has 0 aromatic heterocycles. The Morgan fingerprint density at radius 2 is 1.97 bits per heavy atom. The first-order valence-electron chi connectivity index (χ1n) is 8.62. The molecule has 7 nitrogen and oxygen atoms in total. The van der Waals surface area contributed by atoms with Crippen LogP contribution in [0.1, 0.15) is 22.3 Å². The van der Waals surface area contributed by atoms with E-state index in [9.17, 15) is 19.5 Å². The number of aromatic hydroxyl groups is 1. The van der Waals surface area contributed by atoms with Gasteiger partial charge in [-0.25, -0.2) is 4.79 Å². The molecule has 3 N–H and O–H groups in total. The number of anilines is 1. The molecule has 2 amide bonds. The molecule has 30 heavy (non-hydrogen) atoms. The summed E-state index contributed by atoms with van der Waals surface area (Å²) in [6.45, 7) is 0.0789. The van der Waals surface area contributed by atoms with Crippen LogP contribution in [0.15, 0.2) is 47.4 Å². The number of thioether (sulfide) groups is 1. The van der Waals surface area contributed by atoms with Crippen molar-refractivity contribution in [3.63, 3.8) is 0 Å². The summed E-state index contributed by atoms with van der Waals surface area (Å²) in [5.41, 5.74) is 0.671. The van der Waals surface area contributed by atoms with Gasteiger partial charge in [-0.2, -0.15) is 0 Å². The van der Waals surface area contributed by atoms with Crippen molar-refractivity contribution in [2.45, 2.75) is 6.42 Å². The maximum Gasteiger partial charge on any atom is 0.339 e. The van der Waals surface area contributed by atoms with E-state index in [1.54, 1.807) is 24.3 Å². The molecule has 3 rings (SSSR count). The van der Waals surface area contributed by atoms with Gasteiger partial charge < -0.3 is 15.5 Å². The number of nitrogens with one attached hydrogen (secondary N) is 1. The highest BCUT2D eigenvalue weighted by atomic mass is 35.5. The van der Waals surface area contributed by atoms with Crippen LogP contribution in [0, 0.1) is 0 Å². The van der Waals surface area contributed by atoms with Gasteiger partial charge in [-0.1, -0.05) is 53.8 Å². The minimum Gasteiger partial charge on any atom is -0.507 e. The van der Waals surface area contributed by atoms with Crippen molar-refractivity contribution in [2.75, 3.05) is 11.9 Å². The molecular formula is C20H15ClN2O5S2. The molecule has 1 heterocycles. The summed E-state index contributed by atoms with van der Waals surface area (Å²) in [7, 11) is 0. The lowest BCUT2D eigenvalue weighted by atomic mass is 10.2. The Kier molecular flexibility index (Phi) is 6.76. The Morgan fingerprint density at radius 1 is 1.23 bits per heavy atom. The van der Waals surface area contributed by atoms with Crippen LogP contribution < -0.4 is 5.32 Å². The van der Waals surface area contributed by atoms with Crippen LogP contribution in [0.5, 0.6) is 5.75 Å². The van der Waals surface area contributed by atoms with Gasteiger partial charge in [-0.15, -0.1) is 0 Å². The minimum atomic E-state index is -1.27. The SMILES string of the molecule is O=C(CCN1C(=O)/C(=C\c2ccccc2Cl)SC1=S)Nc1ccc(C(=O)O)c(O)c1. The quantitative estimate of drug-likeness (QED) is 0.440. The monoisotopic (exact) mass is 462 g/mol. The van der Waals surface area contributed by atoms with E-state index in [1.807, 2.05) is 6.07 Å². The van der Waals surface area contributed by atoms with E-state index in [2.05, 4.69) is 5.32 Å². The van der Waals surface area contributed by atoms with Crippen molar-refractivity contribution in [1.29, 1.82) is 0 Å². The fourth-order valence-electron chi connectivity index (χ4n) is 2.65. The number of thiocarbonyl (C=S) groups is 1. The van der Waals surface area contributed by atoms with Crippen LogP contribution in [-0.4, -0.2) is 43.8 Å². The Balaban J connectivity index is 1.61. The topological polar surface area (TPSA) is 107 Å². The molecule has 0 unspecified atom stereocenters. The van der Waals surface area contributed by atoms with Crippen molar-refractivity contribution >= 4 is 69.4 Å². The van der Waals surface area contributed by atoms with Gasteiger partial charge in [0.05, 0.1) is 4.91 Å². The normalized spacial score (nSPS) is 15.0. The third kappa shape index (κ3) is 4.99. The first kappa shape index (κ1) is 21.8. The van der Waals surface area contributed by atoms with Gasteiger partial charge in [0, 0.05) is 29.7 Å². The number of aromatic carboxylic acids is 1. The number of amides is 2. The molecule has 1 aliphatic rings. The number of halogens is 1. The average Bonchev–Trinajstić information content (AvgIpc) is 2.94. The third-order valence-corrected chi connectivity index (χ3v) is 5.86. The van der Waals surface area contributed by atoms with E-state index in [0.717, 1.165) is 17.8 Å². The molecule has 10 heteroatoms. The van der Waals surface area contributed by atoms with E-state index < -0.39 is 17.6 Å². The maximum atomic E-state index is 12.6. The number of hydrogen-bond acceptors (Lipinski definition) is 6. The molecule has 0 bridgehead atoms. The van der Waals surface area contributed by atoms with E-state index >= 15 is 0 Å². The molecule has 2 aromatic rings. The molecular weight excluding hydrogens is 448 g/mol. The second-order valence-corrected chi connectivity index (χ2v) is 8.27. The molecule has 1 aliphatic heterocycles. The molecule has 1 fully saturated rings. The van der Waals surface area contributed by atoms with Crippen LogP contribution in [0.4, 0.5) is 5.69 Å². The molecule has 1 saturated heterocycles. The van der Waals surface area contributed by atoms with Gasteiger partial charge in [0.15, 0.2) is 0 Å². The lowest BCUT2D eigenvalue weighted by Gasteiger charge is -2.14. The van der Waals surface area contributed by atoms with Crippen LogP contribution in [0.3, 0.4) is 0 Å². The first-order valence-corrected chi connectivity index (χ1v) is 10.2. The van der Waals surface area contributed by atoms with Crippen molar-refractivity contribution in [3.8, 4) is 5.75 Å². The van der Waals surface area contributed by atoms with Crippen LogP contribution in [0.25, 0.3) is 6.08 Å². The number of carboxylic acids is 1. The van der Waals surface area contributed by atoms with E-state index in [0.29, 0.717) is 19.8 Å². The zero-order chi connectivity index (χ0) is 21.8. The number of nitrogens with zero attached hydrogens (tertiary/aromatic N) is 1. The highest BCUT2D eigenvalue weighted by Gasteiger charge is 2.32. The molecule has 0 atom stereocenters. The summed E-state index contributed by atoms with van der Waals surface area (Å²) < 4.78 is 0.342. The Hall–Kier alpha value is -2.88. The fraction of sp³-hybridized carbons (Fsp3) is 0.100. The second-order valence-electron chi connectivity index (χ2n) is 6.19. The number of benzene rings is 2. The predicted molar refractivity (Wildman–Crippen MR) is 120 cm³/mol. The number of rotatable bonds is 6. The van der Waals surface area contributed by atoms with Crippen molar-refractivity contribution < 1.29 is 24.6 Å². The minimum absolute atomic E-state index is 0.0345. The highest BCUT2D eigenvalue weighted by molar-refractivity contribution is 8.26. The predicted octanol–water partition coefficient (Wildman–Crippen LogP) is 3.97. The summed E-state index contributed by atoms with van der Waals surface area (Å²) in [5.74, 6) is -2.45. The number of carbonyl (C=O) groups is 3. The van der Waals surface area contributed by atoms with Gasteiger partial charge in [-0.3, -0.25) is 14.5 Å². The van der Waals surface area contributed by atoms with Crippen LogP contribution in [0.2, 0.25) is 5.02 Å². The largest absolute Gasteiger partial charge is 0.507 e. The number of hydrogen-bond donors (Lipinski definition) is 3. The number of phenols is 1. The zero-order valence-electron chi connectivity index (χ0n) is 15.3. The maximum absolute atomic E-state index is 12.6. The summed E-state index contributed by atoms with van der Waals surface area (Å²) in [6, 6.07) is 10.8. The summed E-state index contributed by atoms with van der Waals surface area (Å²) >= 11 is 12.5. The molecule has 0 saturated carbocycles. The van der Waals surface area contributed by atoms with Crippen molar-refractivity contribution in [1.82, 2.24) is 4.90 Å². The van der Waals surface area contributed by atoms with Gasteiger partial charge in [0.25, 0.3) is 5.91 Å². The van der Waals surface area contributed by atoms with Gasteiger partial charge in [-0.05, 0) is 29.8 Å². The molecule has 0 spiro atoms. The van der Waals surface area contributed by atoms with Crippen molar-refractivity contribution in [3.05, 3.63) is 63.5 Å². The van der Waals surface area contributed by atoms with Gasteiger partial charge in [0.2, 0.25) is 5.91 Å². The zero-order valence-corrected chi connectivity index (χ0v) is 17.7. The Morgan fingerprint density at radius 3 is 2.63 bits per heavy atom. The van der Waals surface area contributed by atoms with E-state index in [-0.39, 0.29) is 30.1 Å².